The molecule has 102 valence electrons. The Morgan fingerprint density at radius 3 is 3.00 bits per heavy atom. The molecule has 0 spiro atoms. The van der Waals surface area contributed by atoms with Gasteiger partial charge in [-0.3, -0.25) is 0 Å². The van der Waals surface area contributed by atoms with Crippen LogP contribution in [0.1, 0.15) is 44.1 Å². The molecule has 4 heteroatoms. The Bertz CT molecular complexity index is 620. The van der Waals surface area contributed by atoms with Gasteiger partial charge in [0.2, 0.25) is 0 Å². The highest BCUT2D eigenvalue weighted by Gasteiger charge is 2.15. The summed E-state index contributed by atoms with van der Waals surface area (Å²) in [6.45, 7) is 3.09. The van der Waals surface area contributed by atoms with Crippen molar-refractivity contribution in [3.63, 3.8) is 0 Å². The third-order valence-corrected chi connectivity index (χ3v) is 4.66. The molecular formula is C15H21N3S. The molecule has 3 rings (SSSR count). The number of aryl methyl sites for hydroxylation is 2. The summed E-state index contributed by atoms with van der Waals surface area (Å²) in [7, 11) is 0. The van der Waals surface area contributed by atoms with Gasteiger partial charge in [0.15, 0.2) is 10.4 Å². The topological polar surface area (TPSA) is 33.6 Å². The first-order chi connectivity index (χ1) is 9.25. The van der Waals surface area contributed by atoms with Crippen molar-refractivity contribution < 1.29 is 0 Å². The summed E-state index contributed by atoms with van der Waals surface area (Å²) in [5.74, 6) is 0.953. The van der Waals surface area contributed by atoms with Crippen molar-refractivity contribution in [2.75, 3.05) is 0 Å². The lowest BCUT2D eigenvalue weighted by molar-refractivity contribution is 0.459. The average molecular weight is 275 g/mol. The zero-order valence-corrected chi connectivity index (χ0v) is 12.3. The molecule has 0 aliphatic heterocycles. The van der Waals surface area contributed by atoms with Crippen LogP contribution in [0.3, 0.4) is 0 Å². The average Bonchev–Trinajstić information content (AvgIpc) is 3.00. The van der Waals surface area contributed by atoms with E-state index >= 15 is 0 Å². The third-order valence-electron chi connectivity index (χ3n) is 4.34. The van der Waals surface area contributed by atoms with Gasteiger partial charge in [-0.05, 0) is 49.5 Å². The van der Waals surface area contributed by atoms with Crippen molar-refractivity contribution >= 4 is 23.4 Å². The number of H-pyrrole nitrogens is 1. The lowest BCUT2D eigenvalue weighted by atomic mass is 10.0. The minimum Gasteiger partial charge on any atom is -0.329 e. The summed E-state index contributed by atoms with van der Waals surface area (Å²) in [5.41, 5.74) is 3.32. The van der Waals surface area contributed by atoms with E-state index in [2.05, 4.69) is 21.5 Å². The monoisotopic (exact) mass is 275 g/mol. The number of aromatic amines is 1. The molecular weight excluding hydrogens is 254 g/mol. The second kappa shape index (κ2) is 5.45. The Balaban J connectivity index is 1.75. The number of hydrogen-bond donors (Lipinski definition) is 1. The second-order valence-corrected chi connectivity index (χ2v) is 6.09. The van der Waals surface area contributed by atoms with E-state index in [1.165, 1.54) is 44.1 Å². The first-order valence-corrected chi connectivity index (χ1v) is 7.70. The van der Waals surface area contributed by atoms with Crippen LogP contribution in [-0.2, 0) is 6.54 Å². The zero-order chi connectivity index (χ0) is 13.2. The molecule has 0 bridgehead atoms. The molecule has 1 aliphatic rings. The zero-order valence-electron chi connectivity index (χ0n) is 11.5. The minimum atomic E-state index is 0.809. The van der Waals surface area contributed by atoms with Crippen LogP contribution in [0.25, 0.3) is 11.2 Å². The van der Waals surface area contributed by atoms with E-state index < -0.39 is 0 Å². The first kappa shape index (κ1) is 12.9. The van der Waals surface area contributed by atoms with E-state index in [1.54, 1.807) is 0 Å². The Morgan fingerprint density at radius 1 is 1.42 bits per heavy atom. The molecule has 0 radical (unpaired) electrons. The van der Waals surface area contributed by atoms with Crippen LogP contribution in [0.5, 0.6) is 0 Å². The Kier molecular flexibility index (Phi) is 3.69. The van der Waals surface area contributed by atoms with Gasteiger partial charge in [-0.1, -0.05) is 25.7 Å². The SMILES string of the molecule is Cc1ccnc2c1[nH]c(=S)n2CCCC1CCCC1. The van der Waals surface area contributed by atoms with Gasteiger partial charge in [-0.15, -0.1) is 0 Å². The molecule has 0 atom stereocenters. The normalized spacial score (nSPS) is 16.5. The highest BCUT2D eigenvalue weighted by atomic mass is 32.1. The molecule has 1 fully saturated rings. The largest absolute Gasteiger partial charge is 0.329 e. The second-order valence-electron chi connectivity index (χ2n) is 5.70. The molecule has 0 amide bonds. The van der Waals surface area contributed by atoms with Crippen molar-refractivity contribution in [3.05, 3.63) is 22.6 Å². The van der Waals surface area contributed by atoms with E-state index in [0.29, 0.717) is 0 Å². The number of pyridine rings is 1. The summed E-state index contributed by atoms with van der Waals surface area (Å²) in [6, 6.07) is 2.02. The number of aromatic nitrogens is 3. The van der Waals surface area contributed by atoms with E-state index in [-0.39, 0.29) is 0 Å². The molecule has 2 heterocycles. The number of nitrogens with one attached hydrogen (secondary N) is 1. The molecule has 0 aromatic carbocycles. The maximum absolute atomic E-state index is 5.43. The van der Waals surface area contributed by atoms with Gasteiger partial charge >= 0.3 is 0 Å². The van der Waals surface area contributed by atoms with Gasteiger partial charge in [-0.25, -0.2) is 4.98 Å². The highest BCUT2D eigenvalue weighted by molar-refractivity contribution is 7.71. The van der Waals surface area contributed by atoms with E-state index in [4.69, 9.17) is 12.2 Å². The van der Waals surface area contributed by atoms with Crippen molar-refractivity contribution in [1.82, 2.24) is 14.5 Å². The summed E-state index contributed by atoms with van der Waals surface area (Å²) in [6.07, 6.45) is 10.1. The highest BCUT2D eigenvalue weighted by Crippen LogP contribution is 2.28. The smallest absolute Gasteiger partial charge is 0.179 e. The number of fused-ring (bicyclic) bond motifs is 1. The van der Waals surface area contributed by atoms with Crippen molar-refractivity contribution in [1.29, 1.82) is 0 Å². The van der Waals surface area contributed by atoms with Crippen LogP contribution >= 0.6 is 12.2 Å². The van der Waals surface area contributed by atoms with E-state index in [0.717, 1.165) is 28.4 Å². The standard InChI is InChI=1S/C15H21N3S/c1-11-8-9-16-14-13(11)17-15(19)18(14)10-4-7-12-5-2-3-6-12/h8-9,12H,2-7,10H2,1H3,(H,17,19). The Hall–Kier alpha value is -1.16. The van der Waals surface area contributed by atoms with Crippen molar-refractivity contribution in [2.45, 2.75) is 52.0 Å². The first-order valence-electron chi connectivity index (χ1n) is 7.30. The van der Waals surface area contributed by atoms with Gasteiger partial charge in [0.1, 0.15) is 0 Å². The molecule has 2 aromatic rings. The maximum Gasteiger partial charge on any atom is 0.179 e. The quantitative estimate of drug-likeness (QED) is 0.840. The van der Waals surface area contributed by atoms with Gasteiger partial charge in [0.05, 0.1) is 5.52 Å². The third kappa shape index (κ3) is 2.59. The van der Waals surface area contributed by atoms with Gasteiger partial charge < -0.3 is 9.55 Å². The Morgan fingerprint density at radius 2 is 2.21 bits per heavy atom. The summed E-state index contributed by atoms with van der Waals surface area (Å²) >= 11 is 5.43. The number of rotatable bonds is 4. The Labute approximate surface area is 119 Å². The lowest BCUT2D eigenvalue weighted by Crippen LogP contribution is -2.02. The van der Waals surface area contributed by atoms with Crippen LogP contribution in [-0.4, -0.2) is 14.5 Å². The predicted molar refractivity (Wildman–Crippen MR) is 80.8 cm³/mol. The number of hydrogen-bond acceptors (Lipinski definition) is 2. The predicted octanol–water partition coefficient (Wildman–Crippen LogP) is 4.37. The number of imidazole rings is 1. The van der Waals surface area contributed by atoms with Crippen LogP contribution in [0.15, 0.2) is 12.3 Å². The summed E-state index contributed by atoms with van der Waals surface area (Å²) < 4.78 is 2.97. The van der Waals surface area contributed by atoms with Gasteiger partial charge in [0, 0.05) is 12.7 Å². The fourth-order valence-corrected chi connectivity index (χ4v) is 3.50. The molecule has 1 N–H and O–H groups in total. The van der Waals surface area contributed by atoms with Crippen LogP contribution in [0.4, 0.5) is 0 Å². The van der Waals surface area contributed by atoms with E-state index in [9.17, 15) is 0 Å². The van der Waals surface area contributed by atoms with Crippen LogP contribution < -0.4 is 0 Å². The molecule has 1 saturated carbocycles. The molecule has 2 aromatic heterocycles. The fraction of sp³-hybridized carbons (Fsp3) is 0.600. The summed E-state index contributed by atoms with van der Waals surface area (Å²) in [5, 5.41) is 0. The van der Waals surface area contributed by atoms with Crippen LogP contribution in [0, 0.1) is 17.6 Å². The molecule has 0 saturated heterocycles. The van der Waals surface area contributed by atoms with E-state index in [1.807, 2.05) is 12.3 Å². The fourth-order valence-electron chi connectivity index (χ4n) is 3.22. The summed E-state index contributed by atoms with van der Waals surface area (Å²) in [4.78, 5) is 7.77. The maximum atomic E-state index is 5.43. The molecule has 3 nitrogen and oxygen atoms in total. The number of nitrogens with zero attached hydrogens (tertiary/aromatic N) is 2. The molecule has 19 heavy (non-hydrogen) atoms. The van der Waals surface area contributed by atoms with Crippen LogP contribution in [0.2, 0.25) is 0 Å². The minimum absolute atomic E-state index is 0.809. The van der Waals surface area contributed by atoms with Crippen molar-refractivity contribution in [2.24, 2.45) is 5.92 Å². The molecule has 0 unspecified atom stereocenters. The molecule has 1 aliphatic carbocycles. The van der Waals surface area contributed by atoms with Crippen molar-refractivity contribution in [3.8, 4) is 0 Å². The van der Waals surface area contributed by atoms with Gasteiger partial charge in [-0.2, -0.15) is 0 Å². The van der Waals surface area contributed by atoms with Gasteiger partial charge in [0.25, 0.3) is 0 Å². The lowest BCUT2D eigenvalue weighted by Gasteiger charge is -2.09.